The number of aliphatic hydroxyl groups excluding tert-OH is 2. The van der Waals surface area contributed by atoms with E-state index in [4.69, 9.17) is 18.9 Å². The van der Waals surface area contributed by atoms with Crippen LogP contribution in [-0.4, -0.2) is 82.2 Å². The summed E-state index contributed by atoms with van der Waals surface area (Å²) in [5, 5.41) is 30.9. The van der Waals surface area contributed by atoms with E-state index in [1.165, 1.54) is 13.3 Å². The van der Waals surface area contributed by atoms with Crippen molar-refractivity contribution < 1.29 is 43.9 Å². The number of carbonyl (C=O) groups excluding carboxylic acids is 2. The Morgan fingerprint density at radius 1 is 0.977 bits per heavy atom. The van der Waals surface area contributed by atoms with Crippen LogP contribution in [0.3, 0.4) is 0 Å². The molecule has 7 fully saturated rings. The van der Waals surface area contributed by atoms with Gasteiger partial charge in [-0.2, -0.15) is 0 Å². The van der Waals surface area contributed by atoms with Crippen molar-refractivity contribution in [2.75, 3.05) is 6.61 Å². The summed E-state index contributed by atoms with van der Waals surface area (Å²) in [6, 6.07) is 0. The lowest BCUT2D eigenvalue weighted by atomic mass is 9.46. The molecule has 0 aromatic heterocycles. The Morgan fingerprint density at radius 2 is 1.70 bits per heavy atom. The quantitative estimate of drug-likeness (QED) is 0.310. The number of carbonyl (C=O) groups is 2. The van der Waals surface area contributed by atoms with Gasteiger partial charge >= 0.3 is 5.97 Å². The van der Waals surface area contributed by atoms with Crippen molar-refractivity contribution in [1.82, 2.24) is 0 Å². The molecule has 0 radical (unpaired) electrons. The molecule has 9 heteroatoms. The van der Waals surface area contributed by atoms with Crippen molar-refractivity contribution >= 4 is 11.8 Å². The number of ether oxygens (including phenoxy) is 4. The van der Waals surface area contributed by atoms with Crippen LogP contribution in [0.2, 0.25) is 0 Å². The molecule has 7 aliphatic rings. The predicted molar refractivity (Wildman–Crippen MR) is 159 cm³/mol. The Hall–Kier alpha value is -1.10. The van der Waals surface area contributed by atoms with E-state index in [0.29, 0.717) is 24.7 Å². The van der Waals surface area contributed by atoms with E-state index in [2.05, 4.69) is 20.8 Å². The first-order valence-corrected chi connectivity index (χ1v) is 17.3. The highest BCUT2D eigenvalue weighted by molar-refractivity contribution is 5.90. The Bertz CT molecular complexity index is 1180. The molecule has 2 saturated heterocycles. The Morgan fingerprint density at radius 3 is 2.39 bits per heavy atom. The van der Waals surface area contributed by atoms with Gasteiger partial charge in [-0.3, -0.25) is 9.59 Å². The minimum absolute atomic E-state index is 0.0136. The van der Waals surface area contributed by atoms with Gasteiger partial charge in [0.2, 0.25) is 0 Å². The normalized spacial score (nSPS) is 51.6. The summed E-state index contributed by atoms with van der Waals surface area (Å²) in [6.07, 6.45) is 5.40. The lowest BCUT2D eigenvalue weighted by Crippen LogP contribution is -2.56. The number of aliphatic hydroxyl groups is 3. The first kappa shape index (κ1) is 31.5. The number of hydrogen-bond donors (Lipinski definition) is 3. The van der Waals surface area contributed by atoms with Crippen LogP contribution in [0.15, 0.2) is 0 Å². The lowest BCUT2D eigenvalue weighted by molar-refractivity contribution is -0.263. The molecule has 0 aromatic rings. The zero-order valence-corrected chi connectivity index (χ0v) is 27.4. The standard InChI is InChI=1S/C35H54O9/c1-18(36)42-30(32(4,5)40)23-9-7-20-29(43-23)28(39)27-19-8-10-24-31(2,3)25(44-26-15-21(37)22(38)16-41-26)11-12-35(24)17-34(19,35)14-13-33(20,27)6/h19-27,29-30,37-38,40H,7-17H2,1-6H3/t19?,20?,21-,22?,23?,24?,25+,26?,27?,29?,30+,33?,34+,35-/m1/s1. The SMILES string of the molecule is CC(=O)O[C@@H](C1CCC2C(O1)C(=O)C1C3CCC4C(C)(C)[C@@H](OC5C[C@@H](O)C(O)CO5)CC[C@@]45C[C@@]35CCC21C)C(C)(C)O. The van der Waals surface area contributed by atoms with Gasteiger partial charge < -0.3 is 34.3 Å². The summed E-state index contributed by atoms with van der Waals surface area (Å²) in [5.74, 6) is 0.804. The molecular formula is C35H54O9. The number of ketones is 1. The third-order valence-electron chi connectivity index (χ3n) is 14.3. The van der Waals surface area contributed by atoms with Gasteiger partial charge in [0.05, 0.1) is 30.5 Å². The number of rotatable bonds is 5. The predicted octanol–water partition coefficient (Wildman–Crippen LogP) is 3.93. The fourth-order valence-corrected chi connectivity index (χ4v) is 12.3. The molecule has 5 saturated carbocycles. The Balaban J connectivity index is 1.10. The van der Waals surface area contributed by atoms with Gasteiger partial charge in [-0.15, -0.1) is 0 Å². The van der Waals surface area contributed by atoms with Crippen LogP contribution in [0, 0.1) is 45.3 Å². The number of hydrogen-bond acceptors (Lipinski definition) is 9. The summed E-state index contributed by atoms with van der Waals surface area (Å²) in [4.78, 5) is 26.4. The zero-order chi connectivity index (χ0) is 31.6. The van der Waals surface area contributed by atoms with Crippen molar-refractivity contribution in [2.24, 2.45) is 45.3 Å². The van der Waals surface area contributed by atoms with E-state index in [0.717, 1.165) is 44.9 Å². The summed E-state index contributed by atoms with van der Waals surface area (Å²) < 4.78 is 24.5. The molecule has 248 valence electrons. The molecule has 2 spiro atoms. The van der Waals surface area contributed by atoms with E-state index in [1.54, 1.807) is 13.8 Å². The first-order chi connectivity index (χ1) is 20.5. The van der Waals surface area contributed by atoms with Crippen LogP contribution in [0.4, 0.5) is 0 Å². The van der Waals surface area contributed by atoms with Crippen LogP contribution >= 0.6 is 0 Å². The molecule has 2 heterocycles. The average Bonchev–Trinajstić information content (AvgIpc) is 3.55. The second-order valence-corrected chi connectivity index (χ2v) is 17.2. The highest BCUT2D eigenvalue weighted by Crippen LogP contribution is 2.87. The highest BCUT2D eigenvalue weighted by Gasteiger charge is 2.82. The molecule has 9 unspecified atom stereocenters. The van der Waals surface area contributed by atoms with Crippen molar-refractivity contribution in [3.05, 3.63) is 0 Å². The van der Waals surface area contributed by atoms with Gasteiger partial charge in [-0.1, -0.05) is 20.8 Å². The fraction of sp³-hybridized carbons (Fsp3) is 0.943. The van der Waals surface area contributed by atoms with E-state index >= 15 is 0 Å². The van der Waals surface area contributed by atoms with Gasteiger partial charge in [0.1, 0.15) is 12.2 Å². The molecule has 0 bridgehead atoms. The van der Waals surface area contributed by atoms with Gasteiger partial charge in [0, 0.05) is 19.3 Å². The molecule has 2 aliphatic heterocycles. The maximum Gasteiger partial charge on any atom is 0.303 e. The van der Waals surface area contributed by atoms with Crippen molar-refractivity contribution in [2.45, 2.75) is 154 Å². The number of fused-ring (bicyclic) bond motifs is 4. The summed E-state index contributed by atoms with van der Waals surface area (Å²) >= 11 is 0. The topological polar surface area (TPSA) is 132 Å². The molecular weight excluding hydrogens is 564 g/mol. The molecule has 9 nitrogen and oxygen atoms in total. The number of Topliss-reactive ketones (excluding diaryl/α,β-unsaturated/α-hetero) is 1. The van der Waals surface area contributed by atoms with E-state index in [-0.39, 0.29) is 52.0 Å². The lowest BCUT2D eigenvalue weighted by Gasteiger charge is -2.59. The molecule has 0 amide bonds. The maximum atomic E-state index is 14.5. The minimum atomic E-state index is -1.27. The average molecular weight is 619 g/mol. The van der Waals surface area contributed by atoms with Crippen molar-refractivity contribution in [3.63, 3.8) is 0 Å². The van der Waals surface area contributed by atoms with Gasteiger partial charge in [0.15, 0.2) is 18.2 Å². The molecule has 7 rings (SSSR count). The van der Waals surface area contributed by atoms with E-state index in [9.17, 15) is 24.9 Å². The van der Waals surface area contributed by atoms with E-state index in [1.807, 2.05) is 0 Å². The number of esters is 1. The Labute approximate surface area is 261 Å². The molecule has 14 atom stereocenters. The van der Waals surface area contributed by atoms with Crippen LogP contribution in [0.5, 0.6) is 0 Å². The Kier molecular flexibility index (Phi) is 7.30. The summed E-state index contributed by atoms with van der Waals surface area (Å²) in [7, 11) is 0. The van der Waals surface area contributed by atoms with Gasteiger partial charge in [-0.05, 0) is 111 Å². The second kappa shape index (κ2) is 10.2. The second-order valence-electron chi connectivity index (χ2n) is 17.2. The third-order valence-corrected chi connectivity index (χ3v) is 14.3. The smallest absolute Gasteiger partial charge is 0.303 e. The van der Waals surface area contributed by atoms with Gasteiger partial charge in [-0.25, -0.2) is 0 Å². The van der Waals surface area contributed by atoms with E-state index < -0.39 is 48.4 Å². The molecule has 5 aliphatic carbocycles. The van der Waals surface area contributed by atoms with Crippen molar-refractivity contribution in [3.8, 4) is 0 Å². The maximum absolute atomic E-state index is 14.5. The molecule has 0 aromatic carbocycles. The molecule has 3 N–H and O–H groups in total. The molecule has 44 heavy (non-hydrogen) atoms. The van der Waals surface area contributed by atoms with Crippen LogP contribution in [0.25, 0.3) is 0 Å². The third kappa shape index (κ3) is 4.38. The first-order valence-electron chi connectivity index (χ1n) is 17.3. The van der Waals surface area contributed by atoms with Crippen molar-refractivity contribution in [1.29, 1.82) is 0 Å². The fourth-order valence-electron chi connectivity index (χ4n) is 12.3. The monoisotopic (exact) mass is 618 g/mol. The zero-order valence-electron chi connectivity index (χ0n) is 27.4. The highest BCUT2D eigenvalue weighted by atomic mass is 16.7. The van der Waals surface area contributed by atoms with Crippen LogP contribution < -0.4 is 0 Å². The summed E-state index contributed by atoms with van der Waals surface area (Å²) in [5.41, 5.74) is -0.999. The summed E-state index contributed by atoms with van der Waals surface area (Å²) in [6.45, 7) is 11.8. The van der Waals surface area contributed by atoms with Crippen LogP contribution in [0.1, 0.15) is 106 Å². The minimum Gasteiger partial charge on any atom is -0.457 e. The largest absolute Gasteiger partial charge is 0.457 e. The van der Waals surface area contributed by atoms with Gasteiger partial charge in [0.25, 0.3) is 0 Å². The van der Waals surface area contributed by atoms with Crippen LogP contribution in [-0.2, 0) is 28.5 Å².